The van der Waals surface area contributed by atoms with Gasteiger partial charge in [0.05, 0.1) is 6.10 Å². The molecule has 0 fully saturated rings. The Morgan fingerprint density at radius 3 is 1.79 bits per heavy atom. The fourth-order valence-corrected chi connectivity index (χ4v) is 3.76. The van der Waals surface area contributed by atoms with Crippen molar-refractivity contribution in [3.05, 3.63) is 65.7 Å². The smallest absolute Gasteiger partial charge is 0.335 e. The fourth-order valence-electron chi connectivity index (χ4n) is 3.76. The van der Waals surface area contributed by atoms with Gasteiger partial charge < -0.3 is 35.4 Å². The van der Waals surface area contributed by atoms with Crippen molar-refractivity contribution in [1.82, 2.24) is 4.90 Å². The highest BCUT2D eigenvalue weighted by Crippen LogP contribution is 2.28. The molecule has 0 aliphatic heterocycles. The zero-order valence-electron chi connectivity index (χ0n) is 22.3. The summed E-state index contributed by atoms with van der Waals surface area (Å²) in [5.74, 6) is -2.90. The predicted molar refractivity (Wildman–Crippen MR) is 142 cm³/mol. The van der Waals surface area contributed by atoms with Gasteiger partial charge in [0, 0.05) is 24.2 Å². The van der Waals surface area contributed by atoms with Crippen LogP contribution in [0.3, 0.4) is 0 Å². The van der Waals surface area contributed by atoms with Crippen LogP contribution in [0.2, 0.25) is 0 Å². The summed E-state index contributed by atoms with van der Waals surface area (Å²) < 4.78 is 5.90. The lowest BCUT2D eigenvalue weighted by molar-refractivity contribution is -0.165. The van der Waals surface area contributed by atoms with Gasteiger partial charge in [0.1, 0.15) is 18.5 Å². The van der Waals surface area contributed by atoms with E-state index in [4.69, 9.17) is 25.2 Å². The van der Waals surface area contributed by atoms with E-state index in [2.05, 4.69) is 44.7 Å². The number of hydrogen-bond donors (Lipinski definition) is 6. The standard InChI is InChI=1S/C24H35NO3.C4H6O6/c1-18(2)25(19(3)4)16-21(26)17-28-24-13-9-8-12-22(24)23(27)15-14-20-10-6-5-7-11-20;5-1(3(7)8)2(6)4(9)10/h5-13,18-19,21,23,26-27H,14-17H2,1-4H3;1-2,5-6H,(H,7,8)(H,9,10). The average molecular weight is 536 g/mol. The van der Waals surface area contributed by atoms with Crippen LogP contribution >= 0.6 is 0 Å². The van der Waals surface area contributed by atoms with Gasteiger partial charge >= 0.3 is 11.9 Å². The third-order valence-electron chi connectivity index (χ3n) is 5.81. The first-order valence-electron chi connectivity index (χ1n) is 12.5. The number of nitrogens with zero attached hydrogens (tertiary/aromatic N) is 1. The number of benzene rings is 2. The van der Waals surface area contributed by atoms with Crippen molar-refractivity contribution in [3.63, 3.8) is 0 Å². The van der Waals surface area contributed by atoms with Crippen molar-refractivity contribution in [2.24, 2.45) is 0 Å². The highest BCUT2D eigenvalue weighted by atomic mass is 16.5. The van der Waals surface area contributed by atoms with Crippen molar-refractivity contribution >= 4 is 11.9 Å². The van der Waals surface area contributed by atoms with Crippen LogP contribution in [0.15, 0.2) is 54.6 Å². The SMILES string of the molecule is CC(C)N(CC(O)COc1ccccc1C(O)CCc1ccccc1)C(C)C.O=C(O)C(O)C(O)C(=O)O. The molecule has 4 atom stereocenters. The number of aliphatic hydroxyl groups excluding tert-OH is 4. The van der Waals surface area contributed by atoms with Crippen LogP contribution < -0.4 is 4.74 Å². The fraction of sp³-hybridized carbons (Fsp3) is 0.500. The van der Waals surface area contributed by atoms with E-state index in [0.717, 1.165) is 12.0 Å². The number of carboxylic acids is 2. The maximum atomic E-state index is 10.7. The minimum absolute atomic E-state index is 0.207. The van der Waals surface area contributed by atoms with E-state index in [0.29, 0.717) is 30.8 Å². The lowest BCUT2D eigenvalue weighted by Gasteiger charge is -2.32. The topological polar surface area (TPSA) is 168 Å². The highest BCUT2D eigenvalue weighted by Gasteiger charge is 2.29. The second-order valence-electron chi connectivity index (χ2n) is 9.49. The Morgan fingerprint density at radius 2 is 1.29 bits per heavy atom. The number of aliphatic carboxylic acids is 2. The van der Waals surface area contributed by atoms with Gasteiger partial charge in [-0.25, -0.2) is 9.59 Å². The van der Waals surface area contributed by atoms with Crippen molar-refractivity contribution in [2.75, 3.05) is 13.2 Å². The summed E-state index contributed by atoms with van der Waals surface area (Å²) in [5, 5.41) is 53.6. The highest BCUT2D eigenvalue weighted by molar-refractivity contribution is 5.83. The first kappa shape index (κ1) is 33.0. The number of carbonyl (C=O) groups is 2. The Bertz CT molecular complexity index is 942. The summed E-state index contributed by atoms with van der Waals surface area (Å²) in [6.45, 7) is 9.29. The molecule has 0 spiro atoms. The molecule has 0 heterocycles. The number of ether oxygens (including phenoxy) is 1. The molecule has 0 aliphatic rings. The third-order valence-corrected chi connectivity index (χ3v) is 5.81. The Balaban J connectivity index is 0.000000612. The summed E-state index contributed by atoms with van der Waals surface area (Å²) in [4.78, 5) is 21.8. The van der Waals surface area contributed by atoms with Gasteiger partial charge in [-0.2, -0.15) is 0 Å². The number of aliphatic hydroxyl groups is 4. The van der Waals surface area contributed by atoms with Crippen LogP contribution in [-0.2, 0) is 16.0 Å². The summed E-state index contributed by atoms with van der Waals surface area (Å²) in [7, 11) is 0. The monoisotopic (exact) mass is 535 g/mol. The molecular weight excluding hydrogens is 494 g/mol. The number of para-hydroxylation sites is 1. The number of carboxylic acid groups (broad SMARTS) is 2. The molecule has 0 amide bonds. The Hall–Kier alpha value is -3.02. The minimum Gasteiger partial charge on any atom is -0.490 e. The third kappa shape index (κ3) is 11.6. The molecule has 212 valence electrons. The van der Waals surface area contributed by atoms with Crippen LogP contribution in [-0.4, -0.2) is 91.0 Å². The second-order valence-corrected chi connectivity index (χ2v) is 9.49. The average Bonchev–Trinajstić information content (AvgIpc) is 2.88. The normalized spacial score (nSPS) is 14.4. The van der Waals surface area contributed by atoms with Gasteiger partial charge in [-0.1, -0.05) is 48.5 Å². The van der Waals surface area contributed by atoms with Crippen LogP contribution in [0.1, 0.15) is 51.3 Å². The van der Waals surface area contributed by atoms with Crippen LogP contribution in [0.5, 0.6) is 5.75 Å². The molecule has 6 N–H and O–H groups in total. The Morgan fingerprint density at radius 1 is 0.789 bits per heavy atom. The molecule has 10 heteroatoms. The van der Waals surface area contributed by atoms with E-state index >= 15 is 0 Å². The summed E-state index contributed by atoms with van der Waals surface area (Å²) in [6, 6.07) is 18.4. The van der Waals surface area contributed by atoms with Crippen molar-refractivity contribution in [2.45, 2.75) is 77.0 Å². The lowest BCUT2D eigenvalue weighted by Crippen LogP contribution is -2.43. The molecule has 10 nitrogen and oxygen atoms in total. The van der Waals surface area contributed by atoms with Gasteiger partial charge in [-0.15, -0.1) is 0 Å². The first-order valence-corrected chi connectivity index (χ1v) is 12.5. The largest absolute Gasteiger partial charge is 0.490 e. The van der Waals surface area contributed by atoms with Gasteiger partial charge in [0.2, 0.25) is 0 Å². The molecule has 0 radical (unpaired) electrons. The zero-order valence-corrected chi connectivity index (χ0v) is 22.3. The van der Waals surface area contributed by atoms with Crippen molar-refractivity contribution in [3.8, 4) is 5.75 Å². The van der Waals surface area contributed by atoms with Crippen LogP contribution in [0.4, 0.5) is 0 Å². The van der Waals surface area contributed by atoms with Crippen molar-refractivity contribution < 1.29 is 45.0 Å². The number of hydrogen-bond acceptors (Lipinski definition) is 8. The van der Waals surface area contributed by atoms with E-state index in [1.165, 1.54) is 5.56 Å². The molecule has 0 saturated carbocycles. The Labute approximate surface area is 223 Å². The molecule has 0 aromatic heterocycles. The maximum absolute atomic E-state index is 10.7. The zero-order chi connectivity index (χ0) is 28.8. The van der Waals surface area contributed by atoms with Gasteiger partial charge in [-0.3, -0.25) is 4.90 Å². The predicted octanol–water partition coefficient (Wildman–Crippen LogP) is 2.09. The molecule has 2 aromatic rings. The number of rotatable bonds is 14. The lowest BCUT2D eigenvalue weighted by atomic mass is 10.0. The van der Waals surface area contributed by atoms with Crippen molar-refractivity contribution in [1.29, 1.82) is 0 Å². The molecular formula is C28H41NO9. The van der Waals surface area contributed by atoms with E-state index < -0.39 is 36.4 Å². The summed E-state index contributed by atoms with van der Waals surface area (Å²) in [5.41, 5.74) is 1.98. The van der Waals surface area contributed by atoms with Gasteiger partial charge in [0.15, 0.2) is 12.2 Å². The maximum Gasteiger partial charge on any atom is 0.335 e. The molecule has 2 aromatic carbocycles. The van der Waals surface area contributed by atoms with E-state index in [1.807, 2.05) is 42.5 Å². The molecule has 4 unspecified atom stereocenters. The minimum atomic E-state index is -2.27. The summed E-state index contributed by atoms with van der Waals surface area (Å²) >= 11 is 0. The van der Waals surface area contributed by atoms with E-state index in [9.17, 15) is 19.8 Å². The van der Waals surface area contributed by atoms with Crippen LogP contribution in [0.25, 0.3) is 0 Å². The Kier molecular flexibility index (Phi) is 14.5. The molecule has 2 rings (SSSR count). The second kappa shape index (κ2) is 16.7. The molecule has 0 bridgehead atoms. The van der Waals surface area contributed by atoms with Crippen LogP contribution in [0, 0.1) is 0 Å². The molecule has 0 saturated heterocycles. The van der Waals surface area contributed by atoms with Gasteiger partial charge in [0.25, 0.3) is 0 Å². The number of aryl methyl sites for hydroxylation is 1. The summed E-state index contributed by atoms with van der Waals surface area (Å²) in [6.07, 6.45) is -4.29. The van der Waals surface area contributed by atoms with E-state index in [-0.39, 0.29) is 6.61 Å². The van der Waals surface area contributed by atoms with Gasteiger partial charge in [-0.05, 0) is 52.2 Å². The molecule has 38 heavy (non-hydrogen) atoms. The quantitative estimate of drug-likeness (QED) is 0.211. The first-order chi connectivity index (χ1) is 17.8. The van der Waals surface area contributed by atoms with E-state index in [1.54, 1.807) is 0 Å². The molecule has 0 aliphatic carbocycles.